The first-order valence-electron chi connectivity index (χ1n) is 5.86. The van der Waals surface area contributed by atoms with E-state index in [4.69, 9.17) is 0 Å². The summed E-state index contributed by atoms with van der Waals surface area (Å²) in [5.74, 6) is 0. The molecule has 0 aliphatic heterocycles. The van der Waals surface area contributed by atoms with Gasteiger partial charge in [0.25, 0.3) is 0 Å². The average molecular weight is 230 g/mol. The molecule has 2 aromatic heterocycles. The maximum absolute atomic E-state index is 4.35. The van der Waals surface area contributed by atoms with E-state index in [0.717, 1.165) is 17.9 Å². The summed E-state index contributed by atoms with van der Waals surface area (Å²) in [6.07, 6.45) is 3.65. The summed E-state index contributed by atoms with van der Waals surface area (Å²) in [6, 6.07) is 6.28. The van der Waals surface area contributed by atoms with Gasteiger partial charge in [-0.15, -0.1) is 0 Å². The predicted octanol–water partition coefficient (Wildman–Crippen LogP) is 1.82. The zero-order chi connectivity index (χ0) is 12.3. The van der Waals surface area contributed by atoms with Gasteiger partial charge in [-0.05, 0) is 31.2 Å². The van der Waals surface area contributed by atoms with Gasteiger partial charge in [-0.3, -0.25) is 9.67 Å². The molecule has 0 saturated carbocycles. The summed E-state index contributed by atoms with van der Waals surface area (Å²) in [5, 5.41) is 7.71. The summed E-state index contributed by atoms with van der Waals surface area (Å²) < 4.78 is 1.90. The van der Waals surface area contributed by atoms with Crippen molar-refractivity contribution < 1.29 is 0 Å². The fourth-order valence-electron chi connectivity index (χ4n) is 2.05. The number of nitrogens with one attached hydrogen (secondary N) is 1. The minimum Gasteiger partial charge on any atom is -0.305 e. The molecule has 0 saturated heterocycles. The standard InChI is InChI=1S/C13H18N4/c1-4-14-13(12-7-9-16-17(12)3)11-6-5-8-15-10(11)2/h5-9,13-14H,4H2,1-3H3. The minimum atomic E-state index is 0.154. The molecule has 17 heavy (non-hydrogen) atoms. The number of pyridine rings is 1. The van der Waals surface area contributed by atoms with Crippen molar-refractivity contribution in [2.45, 2.75) is 19.9 Å². The van der Waals surface area contributed by atoms with Gasteiger partial charge in [0.05, 0.1) is 11.7 Å². The second kappa shape index (κ2) is 5.10. The zero-order valence-corrected chi connectivity index (χ0v) is 10.5. The van der Waals surface area contributed by atoms with E-state index >= 15 is 0 Å². The van der Waals surface area contributed by atoms with E-state index in [1.54, 1.807) is 0 Å². The van der Waals surface area contributed by atoms with E-state index in [1.807, 2.05) is 43.2 Å². The Morgan fingerprint density at radius 2 is 2.18 bits per heavy atom. The highest BCUT2D eigenvalue weighted by molar-refractivity contribution is 5.30. The lowest BCUT2D eigenvalue weighted by atomic mass is 10.0. The third-order valence-corrected chi connectivity index (χ3v) is 2.92. The zero-order valence-electron chi connectivity index (χ0n) is 10.5. The summed E-state index contributed by atoms with van der Waals surface area (Å²) in [6.45, 7) is 5.05. The van der Waals surface area contributed by atoms with Crippen LogP contribution in [-0.2, 0) is 7.05 Å². The molecule has 4 heteroatoms. The van der Waals surface area contributed by atoms with Gasteiger partial charge in [0.15, 0.2) is 0 Å². The molecule has 1 atom stereocenters. The highest BCUT2D eigenvalue weighted by atomic mass is 15.3. The van der Waals surface area contributed by atoms with Crippen molar-refractivity contribution in [3.8, 4) is 0 Å². The van der Waals surface area contributed by atoms with Crippen LogP contribution in [0.4, 0.5) is 0 Å². The predicted molar refractivity (Wildman–Crippen MR) is 67.7 cm³/mol. The SMILES string of the molecule is CCNC(c1cccnc1C)c1ccnn1C. The minimum absolute atomic E-state index is 0.154. The van der Waals surface area contributed by atoms with E-state index < -0.39 is 0 Å². The van der Waals surface area contributed by atoms with Gasteiger partial charge < -0.3 is 5.32 Å². The normalized spacial score (nSPS) is 12.6. The van der Waals surface area contributed by atoms with E-state index in [2.05, 4.69) is 28.4 Å². The van der Waals surface area contributed by atoms with E-state index in [9.17, 15) is 0 Å². The smallest absolute Gasteiger partial charge is 0.0765 e. The molecule has 2 aromatic rings. The molecule has 0 aliphatic rings. The number of hydrogen-bond donors (Lipinski definition) is 1. The summed E-state index contributed by atoms with van der Waals surface area (Å²) >= 11 is 0. The van der Waals surface area contributed by atoms with Crippen molar-refractivity contribution in [1.82, 2.24) is 20.1 Å². The molecule has 90 valence electrons. The molecule has 0 aromatic carbocycles. The van der Waals surface area contributed by atoms with Crippen LogP contribution in [0.2, 0.25) is 0 Å². The third-order valence-electron chi connectivity index (χ3n) is 2.92. The lowest BCUT2D eigenvalue weighted by molar-refractivity contribution is 0.569. The Kier molecular flexibility index (Phi) is 3.54. The highest BCUT2D eigenvalue weighted by Crippen LogP contribution is 2.22. The fourth-order valence-corrected chi connectivity index (χ4v) is 2.05. The van der Waals surface area contributed by atoms with Crippen LogP contribution in [0.1, 0.15) is 29.9 Å². The van der Waals surface area contributed by atoms with Gasteiger partial charge in [0, 0.05) is 25.1 Å². The molecule has 2 heterocycles. The Balaban J connectivity index is 2.43. The van der Waals surface area contributed by atoms with Crippen molar-refractivity contribution in [3.05, 3.63) is 47.5 Å². The number of rotatable bonds is 4. The van der Waals surface area contributed by atoms with E-state index in [1.165, 1.54) is 5.56 Å². The van der Waals surface area contributed by atoms with Crippen LogP contribution in [0.15, 0.2) is 30.6 Å². The average Bonchev–Trinajstić information content (AvgIpc) is 2.74. The van der Waals surface area contributed by atoms with Crippen LogP contribution in [0.25, 0.3) is 0 Å². The monoisotopic (exact) mass is 230 g/mol. The first-order valence-corrected chi connectivity index (χ1v) is 5.86. The maximum Gasteiger partial charge on any atom is 0.0765 e. The van der Waals surface area contributed by atoms with Crippen LogP contribution in [0, 0.1) is 6.92 Å². The lowest BCUT2D eigenvalue weighted by Crippen LogP contribution is -2.25. The summed E-state index contributed by atoms with van der Waals surface area (Å²) in [4.78, 5) is 4.35. The van der Waals surface area contributed by atoms with Gasteiger partial charge in [-0.1, -0.05) is 13.0 Å². The molecule has 0 spiro atoms. The molecular weight excluding hydrogens is 212 g/mol. The van der Waals surface area contributed by atoms with Gasteiger partial charge >= 0.3 is 0 Å². The van der Waals surface area contributed by atoms with Gasteiger partial charge in [0.2, 0.25) is 0 Å². The maximum atomic E-state index is 4.35. The Morgan fingerprint density at radius 1 is 1.35 bits per heavy atom. The van der Waals surface area contributed by atoms with Gasteiger partial charge in [-0.2, -0.15) is 5.10 Å². The quantitative estimate of drug-likeness (QED) is 0.871. The Labute approximate surface area is 102 Å². The highest BCUT2D eigenvalue weighted by Gasteiger charge is 2.18. The summed E-state index contributed by atoms with van der Waals surface area (Å²) in [7, 11) is 1.96. The molecule has 4 nitrogen and oxygen atoms in total. The number of nitrogens with zero attached hydrogens (tertiary/aromatic N) is 3. The molecule has 0 aliphatic carbocycles. The van der Waals surface area contributed by atoms with Crippen molar-refractivity contribution in [2.75, 3.05) is 6.54 Å². The van der Waals surface area contributed by atoms with Gasteiger partial charge in [0.1, 0.15) is 0 Å². The third kappa shape index (κ3) is 2.36. The Hall–Kier alpha value is -1.68. The molecule has 1 unspecified atom stereocenters. The van der Waals surface area contributed by atoms with Crippen molar-refractivity contribution in [2.24, 2.45) is 7.05 Å². The fraction of sp³-hybridized carbons (Fsp3) is 0.385. The Morgan fingerprint density at radius 3 is 2.76 bits per heavy atom. The Bertz CT molecular complexity index is 490. The number of aryl methyl sites for hydroxylation is 2. The van der Waals surface area contributed by atoms with Crippen LogP contribution in [0.5, 0.6) is 0 Å². The largest absolute Gasteiger partial charge is 0.305 e. The second-order valence-corrected chi connectivity index (χ2v) is 4.05. The van der Waals surface area contributed by atoms with Crippen LogP contribution < -0.4 is 5.32 Å². The van der Waals surface area contributed by atoms with Crippen LogP contribution in [-0.4, -0.2) is 21.3 Å². The second-order valence-electron chi connectivity index (χ2n) is 4.05. The van der Waals surface area contributed by atoms with E-state index in [0.29, 0.717) is 0 Å². The van der Waals surface area contributed by atoms with Crippen LogP contribution >= 0.6 is 0 Å². The molecule has 0 fully saturated rings. The van der Waals surface area contributed by atoms with Crippen LogP contribution in [0.3, 0.4) is 0 Å². The van der Waals surface area contributed by atoms with Crippen molar-refractivity contribution in [3.63, 3.8) is 0 Å². The first kappa shape index (κ1) is 11.8. The molecular formula is C13H18N4. The first-order chi connectivity index (χ1) is 8.24. The lowest BCUT2D eigenvalue weighted by Gasteiger charge is -2.20. The van der Waals surface area contributed by atoms with Gasteiger partial charge in [-0.25, -0.2) is 0 Å². The summed E-state index contributed by atoms with van der Waals surface area (Å²) in [5.41, 5.74) is 3.42. The number of hydrogen-bond acceptors (Lipinski definition) is 3. The topological polar surface area (TPSA) is 42.7 Å². The van der Waals surface area contributed by atoms with Crippen molar-refractivity contribution >= 4 is 0 Å². The molecule has 0 radical (unpaired) electrons. The van der Waals surface area contributed by atoms with Crippen molar-refractivity contribution in [1.29, 1.82) is 0 Å². The number of aromatic nitrogens is 3. The molecule has 1 N–H and O–H groups in total. The molecule has 2 rings (SSSR count). The van der Waals surface area contributed by atoms with E-state index in [-0.39, 0.29) is 6.04 Å². The molecule has 0 amide bonds. The molecule has 0 bridgehead atoms.